The van der Waals surface area contributed by atoms with Crippen molar-refractivity contribution in [3.05, 3.63) is 29.8 Å². The van der Waals surface area contributed by atoms with Crippen LogP contribution >= 0.6 is 45.2 Å². The largest absolute Gasteiger partial charge is 0.460 e. The first-order chi connectivity index (χ1) is 8.58. The van der Waals surface area contributed by atoms with E-state index in [0.29, 0.717) is 6.61 Å². The number of carbonyl (C=O) groups is 1. The maximum absolute atomic E-state index is 11.6. The smallest absolute Gasteiger partial charge is 0.321 e. The molecule has 0 aliphatic carbocycles. The van der Waals surface area contributed by atoms with E-state index in [2.05, 4.69) is 64.3 Å². The Morgan fingerprint density at radius 1 is 1.16 bits per heavy atom. The minimum Gasteiger partial charge on any atom is -0.460 e. The summed E-state index contributed by atoms with van der Waals surface area (Å²) in [6.07, 6.45) is 0. The van der Waals surface area contributed by atoms with Crippen molar-refractivity contribution in [1.82, 2.24) is 0 Å². The third kappa shape index (κ3) is 6.78. The van der Waals surface area contributed by atoms with Crippen LogP contribution in [0.4, 0.5) is 5.69 Å². The van der Waals surface area contributed by atoms with Gasteiger partial charge in [0.1, 0.15) is 10.0 Å². The molecule has 0 spiro atoms. The molecular weight excluding hydrogens is 468 g/mol. The molecule has 0 atom stereocenters. The predicted octanol–water partition coefficient (Wildman–Crippen LogP) is 4.53. The summed E-state index contributed by atoms with van der Waals surface area (Å²) in [5.41, 5.74) is 2.05. The van der Waals surface area contributed by atoms with E-state index in [1.54, 1.807) is 0 Å². The lowest BCUT2D eigenvalue weighted by molar-refractivity contribution is -0.146. The minimum absolute atomic E-state index is 0.0109. The zero-order chi connectivity index (χ0) is 14.7. The summed E-state index contributed by atoms with van der Waals surface area (Å²) in [5, 5.41) is 3.38. The van der Waals surface area contributed by atoms with Crippen LogP contribution in [0.15, 0.2) is 24.3 Å². The zero-order valence-electron chi connectivity index (χ0n) is 11.6. The minimum atomic E-state index is -0.482. The first kappa shape index (κ1) is 17.0. The molecule has 0 amide bonds. The van der Waals surface area contributed by atoms with Gasteiger partial charge in [-0.3, -0.25) is 4.79 Å². The first-order valence-corrected chi connectivity index (χ1v) is 8.16. The van der Waals surface area contributed by atoms with Crippen molar-refractivity contribution in [1.29, 1.82) is 0 Å². The van der Waals surface area contributed by atoms with Crippen molar-refractivity contribution < 1.29 is 9.53 Å². The molecule has 0 aliphatic rings. The molecule has 5 heteroatoms. The zero-order valence-corrected chi connectivity index (χ0v) is 15.9. The molecular formula is C14H19I2NO2. The van der Waals surface area contributed by atoms with Gasteiger partial charge in [-0.2, -0.15) is 0 Å². The van der Waals surface area contributed by atoms with E-state index >= 15 is 0 Å². The quantitative estimate of drug-likeness (QED) is 0.287. The average Bonchev–Trinajstić information content (AvgIpc) is 2.24. The number of alkyl halides is 2. The van der Waals surface area contributed by atoms with Crippen LogP contribution in [0.3, 0.4) is 0 Å². The summed E-state index contributed by atoms with van der Waals surface area (Å²) in [6.45, 7) is 8.20. The lowest BCUT2D eigenvalue weighted by Crippen LogP contribution is -2.26. The number of esters is 1. The maximum atomic E-state index is 11.6. The maximum Gasteiger partial charge on any atom is 0.321 e. The number of anilines is 1. The molecule has 0 aliphatic heterocycles. The van der Waals surface area contributed by atoms with Crippen LogP contribution in [0.1, 0.15) is 33.3 Å². The fourth-order valence-electron chi connectivity index (χ4n) is 1.35. The van der Waals surface area contributed by atoms with Gasteiger partial charge >= 0.3 is 5.97 Å². The van der Waals surface area contributed by atoms with E-state index in [1.807, 2.05) is 38.1 Å². The summed E-state index contributed by atoms with van der Waals surface area (Å²) >= 11 is 4.42. The number of rotatable bonds is 5. The van der Waals surface area contributed by atoms with Crippen LogP contribution in [-0.4, -0.2) is 12.9 Å². The van der Waals surface area contributed by atoms with E-state index in [4.69, 9.17) is 4.74 Å². The summed E-state index contributed by atoms with van der Waals surface area (Å²) < 4.78 is 4.79. The van der Waals surface area contributed by atoms with Crippen LogP contribution in [-0.2, 0) is 16.1 Å². The normalized spacial score (nSPS) is 12.1. The molecule has 0 radical (unpaired) electrons. The third-order valence-corrected chi connectivity index (χ3v) is 2.96. The molecule has 0 unspecified atom stereocenters. The third-order valence-electron chi connectivity index (χ3n) is 2.25. The molecule has 19 heavy (non-hydrogen) atoms. The van der Waals surface area contributed by atoms with Crippen LogP contribution in [0.5, 0.6) is 0 Å². The molecule has 1 aromatic rings. The van der Waals surface area contributed by atoms with Crippen LogP contribution in [0.25, 0.3) is 0 Å². The highest BCUT2D eigenvalue weighted by Crippen LogP contribution is 2.22. The Hall–Kier alpha value is -0.0500. The summed E-state index contributed by atoms with van der Waals surface area (Å²) in [4.78, 5) is 11.6. The molecule has 0 saturated heterocycles. The summed E-state index contributed by atoms with van der Waals surface area (Å²) in [7, 11) is 0. The Morgan fingerprint density at radius 3 is 2.11 bits per heavy atom. The molecule has 1 N–H and O–H groups in total. The number of halogens is 2. The monoisotopic (exact) mass is 487 g/mol. The topological polar surface area (TPSA) is 38.3 Å². The lowest BCUT2D eigenvalue weighted by atomic mass is 10.2. The molecule has 0 saturated carbocycles. The van der Waals surface area contributed by atoms with Crippen LogP contribution < -0.4 is 5.32 Å². The van der Waals surface area contributed by atoms with Gasteiger partial charge in [0.15, 0.2) is 0 Å². The predicted molar refractivity (Wildman–Crippen MR) is 96.1 cm³/mol. The molecule has 0 bridgehead atoms. The van der Waals surface area contributed by atoms with Gasteiger partial charge in [0, 0.05) is 5.69 Å². The van der Waals surface area contributed by atoms with Crippen molar-refractivity contribution in [2.24, 2.45) is 0 Å². The Balaban J connectivity index is 2.56. The molecule has 1 aromatic carbocycles. The number of hydrogen-bond donors (Lipinski definition) is 1. The highest BCUT2D eigenvalue weighted by Gasteiger charge is 2.25. The van der Waals surface area contributed by atoms with E-state index in [1.165, 1.54) is 0 Å². The Morgan fingerprint density at radius 2 is 1.68 bits per heavy atom. The number of benzene rings is 1. The Labute approximate surface area is 142 Å². The van der Waals surface area contributed by atoms with Gasteiger partial charge in [-0.1, -0.05) is 57.3 Å². The van der Waals surface area contributed by atoms with Gasteiger partial charge in [0.25, 0.3) is 0 Å². The molecule has 0 heterocycles. The van der Waals surface area contributed by atoms with Crippen molar-refractivity contribution in [2.45, 2.75) is 41.3 Å². The number of hydrogen-bond acceptors (Lipinski definition) is 3. The van der Waals surface area contributed by atoms with Gasteiger partial charge in [-0.25, -0.2) is 0 Å². The van der Waals surface area contributed by atoms with Gasteiger partial charge in [-0.15, -0.1) is 0 Å². The summed E-state index contributed by atoms with van der Waals surface area (Å²) in [5.74, 6) is -0.191. The molecule has 0 fully saturated rings. The molecule has 3 nitrogen and oxygen atoms in total. The SMILES string of the molecule is CC(C)(I)Nc1ccc(COC(=O)C(C)(C)I)cc1. The van der Waals surface area contributed by atoms with E-state index in [0.717, 1.165) is 11.3 Å². The van der Waals surface area contributed by atoms with E-state index < -0.39 is 3.42 Å². The van der Waals surface area contributed by atoms with Crippen molar-refractivity contribution in [3.63, 3.8) is 0 Å². The van der Waals surface area contributed by atoms with Crippen LogP contribution in [0.2, 0.25) is 0 Å². The van der Waals surface area contributed by atoms with E-state index in [9.17, 15) is 4.79 Å². The van der Waals surface area contributed by atoms with Crippen molar-refractivity contribution >= 4 is 56.8 Å². The standard InChI is InChI=1S/C14H19I2NO2/c1-13(2,15)12(18)19-9-10-5-7-11(8-6-10)17-14(3,4)16/h5-8,17H,9H2,1-4H3. The number of nitrogens with one attached hydrogen (secondary N) is 1. The Kier molecular flexibility index (Phi) is 5.91. The van der Waals surface area contributed by atoms with Gasteiger partial charge in [0.05, 0.1) is 3.55 Å². The van der Waals surface area contributed by atoms with E-state index in [-0.39, 0.29) is 9.51 Å². The Bertz CT molecular complexity index is 430. The van der Waals surface area contributed by atoms with Crippen molar-refractivity contribution in [3.8, 4) is 0 Å². The molecule has 106 valence electrons. The fourth-order valence-corrected chi connectivity index (χ4v) is 1.82. The second kappa shape index (κ2) is 6.60. The second-order valence-corrected chi connectivity index (χ2v) is 10.7. The second-order valence-electron chi connectivity index (χ2n) is 5.34. The number of ether oxygens (including phenoxy) is 1. The lowest BCUT2D eigenvalue weighted by Gasteiger charge is -2.20. The highest BCUT2D eigenvalue weighted by atomic mass is 127. The van der Waals surface area contributed by atoms with Gasteiger partial charge in [-0.05, 0) is 45.4 Å². The average molecular weight is 487 g/mol. The van der Waals surface area contributed by atoms with Gasteiger partial charge in [0.2, 0.25) is 0 Å². The highest BCUT2D eigenvalue weighted by molar-refractivity contribution is 14.1. The fraction of sp³-hybridized carbons (Fsp3) is 0.500. The number of carbonyl (C=O) groups excluding carboxylic acids is 1. The van der Waals surface area contributed by atoms with Crippen LogP contribution in [0, 0.1) is 0 Å². The van der Waals surface area contributed by atoms with Gasteiger partial charge < -0.3 is 10.1 Å². The van der Waals surface area contributed by atoms with Crippen molar-refractivity contribution in [2.75, 3.05) is 5.32 Å². The molecule has 0 aromatic heterocycles. The first-order valence-electron chi connectivity index (χ1n) is 6.00. The summed E-state index contributed by atoms with van der Waals surface area (Å²) in [6, 6.07) is 7.94. The molecule has 1 rings (SSSR count).